The zero-order valence-corrected chi connectivity index (χ0v) is 16.0. The summed E-state index contributed by atoms with van der Waals surface area (Å²) in [6, 6.07) is 16.2. The van der Waals surface area contributed by atoms with E-state index in [1.54, 1.807) is 36.5 Å². The quantitative estimate of drug-likeness (QED) is 0.572. The Morgan fingerprint density at radius 1 is 0.929 bits per heavy atom. The second-order valence-corrected chi connectivity index (χ2v) is 6.59. The maximum Gasteiger partial charge on any atom is 0.257 e. The lowest BCUT2D eigenvalue weighted by atomic mass is 10.2. The molecule has 0 aliphatic rings. The summed E-state index contributed by atoms with van der Waals surface area (Å²) in [6.45, 7) is 2.02. The number of rotatable bonds is 6. The second kappa shape index (κ2) is 9.01. The molecule has 142 valence electrons. The molecule has 3 rings (SSSR count). The van der Waals surface area contributed by atoms with Crippen LogP contribution in [-0.4, -0.2) is 16.8 Å². The number of nitrogens with one attached hydrogen (secondary N) is 3. The molecule has 6 nitrogen and oxygen atoms in total. The minimum atomic E-state index is -0.289. The highest BCUT2D eigenvalue weighted by Crippen LogP contribution is 2.17. The van der Waals surface area contributed by atoms with Crippen LogP contribution in [0, 0.1) is 0 Å². The van der Waals surface area contributed by atoms with Crippen LogP contribution in [0.15, 0.2) is 67.0 Å². The van der Waals surface area contributed by atoms with Crippen molar-refractivity contribution in [3.05, 3.63) is 83.1 Å². The van der Waals surface area contributed by atoms with Crippen molar-refractivity contribution in [2.45, 2.75) is 13.5 Å². The van der Waals surface area contributed by atoms with Gasteiger partial charge in [-0.2, -0.15) is 0 Å². The molecule has 7 heteroatoms. The number of carbonyl (C=O) groups excluding carboxylic acids is 2. The summed E-state index contributed by atoms with van der Waals surface area (Å²) in [5.74, 6) is -0.463. The van der Waals surface area contributed by atoms with Gasteiger partial charge in [0.05, 0.1) is 11.3 Å². The molecule has 0 aliphatic heterocycles. The van der Waals surface area contributed by atoms with Crippen molar-refractivity contribution in [1.82, 2.24) is 4.98 Å². The van der Waals surface area contributed by atoms with Gasteiger partial charge >= 0.3 is 0 Å². The van der Waals surface area contributed by atoms with Crippen molar-refractivity contribution in [3.63, 3.8) is 0 Å². The summed E-state index contributed by atoms with van der Waals surface area (Å²) in [5, 5.41) is 9.41. The van der Waals surface area contributed by atoms with Crippen LogP contribution >= 0.6 is 11.6 Å². The van der Waals surface area contributed by atoms with Gasteiger partial charge in [-0.1, -0.05) is 29.8 Å². The SMILES string of the molecule is CC(=O)Nc1cccc(NC(=O)c2cncc(NCc3ccc(Cl)cc3)c2)c1. The zero-order valence-electron chi connectivity index (χ0n) is 15.2. The fourth-order valence-corrected chi connectivity index (χ4v) is 2.67. The predicted molar refractivity (Wildman–Crippen MR) is 112 cm³/mol. The third kappa shape index (κ3) is 5.56. The van der Waals surface area contributed by atoms with E-state index in [1.807, 2.05) is 24.3 Å². The molecule has 1 heterocycles. The average Bonchev–Trinajstić information content (AvgIpc) is 2.67. The number of anilines is 3. The Bertz CT molecular complexity index is 990. The highest BCUT2D eigenvalue weighted by atomic mass is 35.5. The number of benzene rings is 2. The Morgan fingerprint density at radius 3 is 2.36 bits per heavy atom. The van der Waals surface area contributed by atoms with Gasteiger partial charge in [0.1, 0.15) is 0 Å². The Hall–Kier alpha value is -3.38. The number of hydrogen-bond donors (Lipinski definition) is 3. The lowest BCUT2D eigenvalue weighted by Crippen LogP contribution is -2.13. The van der Waals surface area contributed by atoms with E-state index in [-0.39, 0.29) is 11.8 Å². The van der Waals surface area contributed by atoms with Crippen LogP contribution in [0.5, 0.6) is 0 Å². The van der Waals surface area contributed by atoms with Gasteiger partial charge in [-0.25, -0.2) is 0 Å². The lowest BCUT2D eigenvalue weighted by molar-refractivity contribution is -0.114. The van der Waals surface area contributed by atoms with Gasteiger partial charge in [0.2, 0.25) is 5.91 Å². The maximum absolute atomic E-state index is 12.5. The Labute approximate surface area is 168 Å². The number of halogens is 1. The first-order valence-electron chi connectivity index (χ1n) is 8.62. The van der Waals surface area contributed by atoms with Crippen LogP contribution in [0.25, 0.3) is 0 Å². The largest absolute Gasteiger partial charge is 0.380 e. The molecule has 0 fully saturated rings. The highest BCUT2D eigenvalue weighted by molar-refractivity contribution is 6.30. The van der Waals surface area contributed by atoms with Crippen LogP contribution in [0.1, 0.15) is 22.8 Å². The van der Waals surface area contributed by atoms with Gasteiger partial charge in [-0.3, -0.25) is 14.6 Å². The topological polar surface area (TPSA) is 83.1 Å². The molecule has 0 radical (unpaired) electrons. The molecule has 28 heavy (non-hydrogen) atoms. The summed E-state index contributed by atoms with van der Waals surface area (Å²) in [5.41, 5.74) is 3.41. The normalized spacial score (nSPS) is 10.2. The summed E-state index contributed by atoms with van der Waals surface area (Å²) < 4.78 is 0. The van der Waals surface area contributed by atoms with Gasteiger partial charge in [0.25, 0.3) is 5.91 Å². The van der Waals surface area contributed by atoms with Crippen molar-refractivity contribution < 1.29 is 9.59 Å². The van der Waals surface area contributed by atoms with Crippen molar-refractivity contribution >= 4 is 40.5 Å². The molecule has 0 saturated heterocycles. The van der Waals surface area contributed by atoms with Gasteiger partial charge in [-0.15, -0.1) is 0 Å². The first kappa shape index (κ1) is 19.4. The van der Waals surface area contributed by atoms with Crippen LogP contribution in [0.4, 0.5) is 17.1 Å². The molecule has 2 amide bonds. The third-order valence-electron chi connectivity index (χ3n) is 3.85. The average molecular weight is 395 g/mol. The van der Waals surface area contributed by atoms with E-state index in [0.29, 0.717) is 28.5 Å². The third-order valence-corrected chi connectivity index (χ3v) is 4.10. The fraction of sp³-hybridized carbons (Fsp3) is 0.0952. The molecular formula is C21H19ClN4O2. The van der Waals surface area contributed by atoms with E-state index >= 15 is 0 Å². The lowest BCUT2D eigenvalue weighted by Gasteiger charge is -2.10. The maximum atomic E-state index is 12.5. The number of hydrogen-bond acceptors (Lipinski definition) is 4. The Balaban J connectivity index is 1.65. The monoisotopic (exact) mass is 394 g/mol. The van der Waals surface area contributed by atoms with Crippen molar-refractivity contribution in [2.24, 2.45) is 0 Å². The van der Waals surface area contributed by atoms with Gasteiger partial charge < -0.3 is 16.0 Å². The van der Waals surface area contributed by atoms with E-state index in [0.717, 1.165) is 11.3 Å². The smallest absolute Gasteiger partial charge is 0.257 e. The van der Waals surface area contributed by atoms with Crippen LogP contribution in [-0.2, 0) is 11.3 Å². The van der Waals surface area contributed by atoms with E-state index in [1.165, 1.54) is 13.1 Å². The van der Waals surface area contributed by atoms with E-state index in [9.17, 15) is 9.59 Å². The molecule has 0 saturated carbocycles. The Kier molecular flexibility index (Phi) is 6.24. The summed E-state index contributed by atoms with van der Waals surface area (Å²) >= 11 is 5.89. The van der Waals surface area contributed by atoms with Crippen molar-refractivity contribution in [1.29, 1.82) is 0 Å². The molecular weight excluding hydrogens is 376 g/mol. The molecule has 0 spiro atoms. The highest BCUT2D eigenvalue weighted by Gasteiger charge is 2.08. The number of pyridine rings is 1. The molecule has 0 bridgehead atoms. The zero-order chi connectivity index (χ0) is 19.9. The minimum absolute atomic E-state index is 0.174. The van der Waals surface area contributed by atoms with E-state index in [2.05, 4.69) is 20.9 Å². The molecule has 0 unspecified atom stereocenters. The molecule has 0 aliphatic carbocycles. The minimum Gasteiger partial charge on any atom is -0.380 e. The first-order valence-corrected chi connectivity index (χ1v) is 9.00. The predicted octanol–water partition coefficient (Wildman–Crippen LogP) is 4.56. The van der Waals surface area contributed by atoms with Gasteiger partial charge in [0, 0.05) is 42.3 Å². The Morgan fingerprint density at radius 2 is 1.64 bits per heavy atom. The molecule has 2 aromatic carbocycles. The fourth-order valence-electron chi connectivity index (χ4n) is 2.55. The van der Waals surface area contributed by atoms with Crippen molar-refractivity contribution in [3.8, 4) is 0 Å². The molecule has 3 N–H and O–H groups in total. The van der Waals surface area contributed by atoms with Crippen LogP contribution < -0.4 is 16.0 Å². The summed E-state index contributed by atoms with van der Waals surface area (Å²) in [7, 11) is 0. The standard InChI is InChI=1S/C21H19ClN4O2/c1-14(27)25-18-3-2-4-19(10-18)26-21(28)16-9-20(13-23-12-16)24-11-15-5-7-17(22)8-6-15/h2-10,12-13,24H,11H2,1H3,(H,25,27)(H,26,28). The number of aromatic nitrogens is 1. The van der Waals surface area contributed by atoms with Crippen LogP contribution in [0.2, 0.25) is 5.02 Å². The second-order valence-electron chi connectivity index (χ2n) is 6.16. The van der Waals surface area contributed by atoms with E-state index < -0.39 is 0 Å². The van der Waals surface area contributed by atoms with E-state index in [4.69, 9.17) is 11.6 Å². The molecule has 3 aromatic rings. The number of carbonyl (C=O) groups is 2. The van der Waals surface area contributed by atoms with Crippen molar-refractivity contribution in [2.75, 3.05) is 16.0 Å². The van der Waals surface area contributed by atoms with Crippen LogP contribution in [0.3, 0.4) is 0 Å². The molecule has 1 aromatic heterocycles. The summed E-state index contributed by atoms with van der Waals surface area (Å²) in [6.07, 6.45) is 3.16. The van der Waals surface area contributed by atoms with Gasteiger partial charge in [0.15, 0.2) is 0 Å². The number of amides is 2. The molecule has 0 atom stereocenters. The van der Waals surface area contributed by atoms with Gasteiger partial charge in [-0.05, 0) is 42.0 Å². The number of nitrogens with zero attached hydrogens (tertiary/aromatic N) is 1. The first-order chi connectivity index (χ1) is 13.5. The summed E-state index contributed by atoms with van der Waals surface area (Å²) in [4.78, 5) is 27.8.